The predicted molar refractivity (Wildman–Crippen MR) is 156 cm³/mol. The zero-order chi connectivity index (χ0) is 27.2. The second-order valence-electron chi connectivity index (χ2n) is 11.5. The number of methoxy groups -OCH3 is 1. The summed E-state index contributed by atoms with van der Waals surface area (Å²) >= 11 is 0. The fourth-order valence-electron chi connectivity index (χ4n) is 6.44. The first-order chi connectivity index (χ1) is 19.6. The highest BCUT2D eigenvalue weighted by molar-refractivity contribution is 5.86. The number of piperazine rings is 1. The van der Waals surface area contributed by atoms with E-state index in [1.807, 2.05) is 35.4 Å². The van der Waals surface area contributed by atoms with E-state index in [-0.39, 0.29) is 0 Å². The zero-order valence-corrected chi connectivity index (χ0v) is 23.5. The first-order valence-corrected chi connectivity index (χ1v) is 14.4. The quantitative estimate of drug-likeness (QED) is 0.307. The fourth-order valence-corrected chi connectivity index (χ4v) is 6.44. The maximum atomic E-state index is 5.66. The molecule has 8 rings (SSSR count). The molecule has 8 heterocycles. The van der Waals surface area contributed by atoms with Crippen molar-refractivity contribution < 1.29 is 9.47 Å². The summed E-state index contributed by atoms with van der Waals surface area (Å²) in [5, 5.41) is 4.74. The molecule has 4 aromatic heterocycles. The lowest BCUT2D eigenvalue weighted by Crippen LogP contribution is -2.68. The number of allylic oxidation sites excluding steroid dienone is 1. The normalized spacial score (nSPS) is 20.8. The molecule has 0 saturated carbocycles. The van der Waals surface area contributed by atoms with E-state index in [0.717, 1.165) is 61.5 Å². The van der Waals surface area contributed by atoms with Crippen LogP contribution in [0.25, 0.3) is 22.2 Å². The molecule has 4 aromatic rings. The Hall–Kier alpha value is -3.91. The molecule has 8 nitrogen and oxygen atoms in total. The van der Waals surface area contributed by atoms with Crippen LogP contribution in [0.4, 0.5) is 5.82 Å². The van der Waals surface area contributed by atoms with Gasteiger partial charge in [-0.1, -0.05) is 19.9 Å². The Bertz CT molecular complexity index is 1530. The number of anilines is 1. The molecule has 206 valence electrons. The molecule has 4 aliphatic rings. The number of hydrogen-bond acceptors (Lipinski definition) is 7. The number of hydrogen-bond donors (Lipinski definition) is 0. The van der Waals surface area contributed by atoms with Gasteiger partial charge in [0, 0.05) is 73.1 Å². The molecule has 0 spiro atoms. The maximum Gasteiger partial charge on any atom is 0.212 e. The van der Waals surface area contributed by atoms with E-state index in [4.69, 9.17) is 19.6 Å². The lowest BCUT2D eigenvalue weighted by molar-refractivity contribution is -0.00876. The number of ether oxygens (including phenoxy) is 2. The Balaban J connectivity index is 1.12. The molecular weight excluding hydrogens is 500 g/mol. The van der Waals surface area contributed by atoms with Gasteiger partial charge >= 0.3 is 0 Å². The average Bonchev–Trinajstić information content (AvgIpc) is 3.45. The monoisotopic (exact) mass is 536 g/mol. The second kappa shape index (κ2) is 10.2. The van der Waals surface area contributed by atoms with Gasteiger partial charge in [0.05, 0.1) is 31.7 Å². The van der Waals surface area contributed by atoms with Crippen molar-refractivity contribution in [3.8, 4) is 17.0 Å². The molecule has 0 N–H and O–H groups in total. The van der Waals surface area contributed by atoms with Crippen molar-refractivity contribution in [3.63, 3.8) is 0 Å². The Morgan fingerprint density at radius 2 is 1.90 bits per heavy atom. The minimum Gasteiger partial charge on any atom is -0.501 e. The van der Waals surface area contributed by atoms with E-state index in [2.05, 4.69) is 59.1 Å². The molecule has 2 bridgehead atoms. The van der Waals surface area contributed by atoms with Crippen LogP contribution in [0.2, 0.25) is 0 Å². The van der Waals surface area contributed by atoms with Gasteiger partial charge in [0.15, 0.2) is 0 Å². The number of pyridine rings is 3. The molecule has 0 aliphatic carbocycles. The smallest absolute Gasteiger partial charge is 0.212 e. The van der Waals surface area contributed by atoms with Gasteiger partial charge in [-0.3, -0.25) is 4.90 Å². The molecule has 0 aromatic carbocycles. The summed E-state index contributed by atoms with van der Waals surface area (Å²) in [6, 6.07) is 11.9. The number of piperidine rings is 1. The van der Waals surface area contributed by atoms with Crippen molar-refractivity contribution >= 4 is 16.9 Å². The second-order valence-corrected chi connectivity index (χ2v) is 11.5. The van der Waals surface area contributed by atoms with Crippen molar-refractivity contribution in [1.29, 1.82) is 0 Å². The van der Waals surface area contributed by atoms with Gasteiger partial charge in [-0.2, -0.15) is 5.10 Å². The van der Waals surface area contributed by atoms with Crippen LogP contribution in [0.15, 0.2) is 61.4 Å². The van der Waals surface area contributed by atoms with Crippen molar-refractivity contribution in [2.45, 2.75) is 57.7 Å². The number of fused-ring (bicyclic) bond motifs is 3. The highest BCUT2D eigenvalue weighted by atomic mass is 16.5. The van der Waals surface area contributed by atoms with Crippen molar-refractivity contribution in [3.05, 3.63) is 78.1 Å². The number of rotatable bonds is 7. The number of aromatic nitrogens is 4. The van der Waals surface area contributed by atoms with E-state index in [1.54, 1.807) is 7.11 Å². The van der Waals surface area contributed by atoms with Crippen molar-refractivity contribution in [2.75, 3.05) is 31.7 Å². The van der Waals surface area contributed by atoms with Gasteiger partial charge in [-0.25, -0.2) is 14.5 Å². The third-order valence-electron chi connectivity index (χ3n) is 8.67. The molecule has 0 radical (unpaired) electrons. The van der Waals surface area contributed by atoms with Gasteiger partial charge in [0.1, 0.15) is 5.82 Å². The first-order valence-electron chi connectivity index (χ1n) is 14.4. The summed E-state index contributed by atoms with van der Waals surface area (Å²) in [6.45, 7) is 8.18. The average molecular weight is 537 g/mol. The van der Waals surface area contributed by atoms with Gasteiger partial charge in [0.25, 0.3) is 0 Å². The minimum atomic E-state index is 0.378. The summed E-state index contributed by atoms with van der Waals surface area (Å²) in [6.07, 6.45) is 13.3. The Labute approximate surface area is 235 Å². The van der Waals surface area contributed by atoms with Crippen molar-refractivity contribution in [1.82, 2.24) is 24.5 Å². The highest BCUT2D eigenvalue weighted by Gasteiger charge is 2.44. The molecule has 2 unspecified atom stereocenters. The summed E-state index contributed by atoms with van der Waals surface area (Å²) in [5.41, 5.74) is 8.32. The summed E-state index contributed by atoms with van der Waals surface area (Å²) in [4.78, 5) is 14.4. The Morgan fingerprint density at radius 1 is 1.02 bits per heavy atom. The largest absolute Gasteiger partial charge is 0.501 e. The van der Waals surface area contributed by atoms with Gasteiger partial charge in [-0.05, 0) is 60.1 Å². The lowest BCUT2D eigenvalue weighted by atomic mass is 9.87. The summed E-state index contributed by atoms with van der Waals surface area (Å²) in [7, 11) is 1.65. The van der Waals surface area contributed by atoms with Gasteiger partial charge in [-0.15, -0.1) is 0 Å². The van der Waals surface area contributed by atoms with Crippen LogP contribution >= 0.6 is 0 Å². The van der Waals surface area contributed by atoms with Crippen LogP contribution < -0.4 is 9.64 Å². The predicted octanol–water partition coefficient (Wildman–Crippen LogP) is 5.54. The van der Waals surface area contributed by atoms with Crippen LogP contribution in [0, 0.1) is 0 Å². The molecule has 8 heteroatoms. The van der Waals surface area contributed by atoms with Crippen LogP contribution in [-0.2, 0) is 11.3 Å². The third kappa shape index (κ3) is 4.50. The molecular formula is C32H36N6O2. The van der Waals surface area contributed by atoms with E-state index < -0.39 is 0 Å². The summed E-state index contributed by atoms with van der Waals surface area (Å²) in [5.74, 6) is 2.09. The highest BCUT2D eigenvalue weighted by Crippen LogP contribution is 2.37. The van der Waals surface area contributed by atoms with Crippen LogP contribution in [0.5, 0.6) is 5.88 Å². The third-order valence-corrected chi connectivity index (χ3v) is 8.67. The molecule has 0 amide bonds. The topological polar surface area (TPSA) is 68.0 Å². The summed E-state index contributed by atoms with van der Waals surface area (Å²) < 4.78 is 12.9. The van der Waals surface area contributed by atoms with E-state index in [9.17, 15) is 0 Å². The fraction of sp³-hybridized carbons (Fsp3) is 0.406. The minimum absolute atomic E-state index is 0.378. The van der Waals surface area contributed by atoms with E-state index >= 15 is 0 Å². The van der Waals surface area contributed by atoms with Crippen molar-refractivity contribution in [2.24, 2.45) is 0 Å². The molecule has 3 saturated heterocycles. The molecule has 40 heavy (non-hydrogen) atoms. The lowest BCUT2D eigenvalue weighted by Gasteiger charge is -2.56. The SMILES string of the molecule is COc1ccc(CN2C3CC2CN(c2ccc(-c4cc(C5=COCCC5)cn5ncc(C(C)C)c45)cn2)C3)cn1. The standard InChI is InChI=1S/C32H36N6O2/c1-21(2)29-15-35-38-17-25(24-5-4-10-40-20-24)11-28(32(29)38)23-7-8-30(33-14-23)36-18-26-12-27(19-36)37(26)16-22-6-9-31(39-3)34-13-22/h6-9,11,13-15,17,20-21,26-27H,4-5,10,12,16,18-19H2,1-3H3. The molecule has 3 fully saturated rings. The maximum absolute atomic E-state index is 5.66. The molecule has 2 atom stereocenters. The van der Waals surface area contributed by atoms with E-state index in [0.29, 0.717) is 23.9 Å². The van der Waals surface area contributed by atoms with E-state index in [1.165, 1.54) is 28.7 Å². The Kier molecular flexibility index (Phi) is 6.42. The zero-order valence-electron chi connectivity index (χ0n) is 23.5. The first kappa shape index (κ1) is 25.1. The van der Waals surface area contributed by atoms with Gasteiger partial charge < -0.3 is 14.4 Å². The number of nitrogens with zero attached hydrogens (tertiary/aromatic N) is 6. The van der Waals surface area contributed by atoms with Crippen LogP contribution in [0.1, 0.15) is 55.7 Å². The van der Waals surface area contributed by atoms with Crippen LogP contribution in [0.3, 0.4) is 0 Å². The molecule has 4 aliphatic heterocycles. The van der Waals surface area contributed by atoms with Crippen LogP contribution in [-0.4, -0.2) is 63.4 Å². The van der Waals surface area contributed by atoms with Gasteiger partial charge in [0.2, 0.25) is 5.88 Å². The Morgan fingerprint density at radius 3 is 2.58 bits per heavy atom.